The van der Waals surface area contributed by atoms with Crippen molar-refractivity contribution < 1.29 is 14.5 Å². The van der Waals surface area contributed by atoms with E-state index in [1.165, 1.54) is 12.1 Å². The van der Waals surface area contributed by atoms with Crippen molar-refractivity contribution in [1.29, 1.82) is 0 Å². The number of hydrogen-bond acceptors (Lipinski definition) is 5. The van der Waals surface area contributed by atoms with Gasteiger partial charge in [-0.1, -0.05) is 19.1 Å². The van der Waals surface area contributed by atoms with Crippen molar-refractivity contribution in [2.24, 2.45) is 0 Å². The maximum atomic E-state index is 11.8. The van der Waals surface area contributed by atoms with E-state index in [2.05, 4.69) is 10.6 Å². The number of non-ortho nitro benzene ring substituents is 1. The fourth-order valence-corrected chi connectivity index (χ4v) is 2.40. The molecule has 1 aliphatic heterocycles. The van der Waals surface area contributed by atoms with Crippen LogP contribution in [0.2, 0.25) is 0 Å². The molecule has 21 heavy (non-hydrogen) atoms. The van der Waals surface area contributed by atoms with Crippen molar-refractivity contribution in [3.05, 3.63) is 39.9 Å². The Labute approximate surface area is 121 Å². The Morgan fingerprint density at radius 1 is 1.48 bits per heavy atom. The molecule has 7 heteroatoms. The molecule has 0 bridgehead atoms. The number of imide groups is 1. The molecule has 1 saturated heterocycles. The molecule has 112 valence electrons. The molecule has 0 aliphatic carbocycles. The lowest BCUT2D eigenvalue weighted by molar-refractivity contribution is -0.384. The van der Waals surface area contributed by atoms with Gasteiger partial charge in [-0.05, 0) is 18.4 Å². The lowest BCUT2D eigenvalue weighted by Gasteiger charge is -2.27. The summed E-state index contributed by atoms with van der Waals surface area (Å²) >= 11 is 0. The summed E-state index contributed by atoms with van der Waals surface area (Å²) < 4.78 is 0. The van der Waals surface area contributed by atoms with Crippen molar-refractivity contribution in [2.75, 3.05) is 0 Å². The van der Waals surface area contributed by atoms with Gasteiger partial charge >= 0.3 is 0 Å². The maximum Gasteiger partial charge on any atom is 0.269 e. The summed E-state index contributed by atoms with van der Waals surface area (Å²) in [4.78, 5) is 33.3. The van der Waals surface area contributed by atoms with Crippen LogP contribution in [0.15, 0.2) is 24.3 Å². The van der Waals surface area contributed by atoms with E-state index < -0.39 is 11.0 Å². The predicted molar refractivity (Wildman–Crippen MR) is 75.4 cm³/mol. The van der Waals surface area contributed by atoms with Crippen LogP contribution in [0, 0.1) is 10.1 Å². The van der Waals surface area contributed by atoms with Crippen LogP contribution >= 0.6 is 0 Å². The summed E-state index contributed by atoms with van der Waals surface area (Å²) in [6.07, 6.45) is 1.42. The van der Waals surface area contributed by atoms with E-state index in [1.54, 1.807) is 12.1 Å². The third kappa shape index (κ3) is 3.63. The molecule has 2 unspecified atom stereocenters. The summed E-state index contributed by atoms with van der Waals surface area (Å²) in [5, 5.41) is 16.3. The highest BCUT2D eigenvalue weighted by atomic mass is 16.6. The van der Waals surface area contributed by atoms with E-state index in [9.17, 15) is 19.7 Å². The van der Waals surface area contributed by atoms with Gasteiger partial charge < -0.3 is 0 Å². The van der Waals surface area contributed by atoms with Crippen molar-refractivity contribution in [3.8, 4) is 0 Å². The summed E-state index contributed by atoms with van der Waals surface area (Å²) in [5.41, 5.74) is 0.785. The molecule has 2 atom stereocenters. The van der Waals surface area contributed by atoms with E-state index in [4.69, 9.17) is 0 Å². The highest BCUT2D eigenvalue weighted by molar-refractivity contribution is 6.00. The number of carbonyl (C=O) groups excluding carboxylic acids is 2. The smallest absolute Gasteiger partial charge is 0.269 e. The van der Waals surface area contributed by atoms with Crippen LogP contribution in [0.3, 0.4) is 0 Å². The van der Waals surface area contributed by atoms with Crippen LogP contribution in [0.1, 0.15) is 37.8 Å². The van der Waals surface area contributed by atoms with Crippen molar-refractivity contribution in [3.63, 3.8) is 0 Å². The molecule has 1 heterocycles. The Hall–Kier alpha value is -2.28. The van der Waals surface area contributed by atoms with Crippen LogP contribution in [-0.4, -0.2) is 22.8 Å². The van der Waals surface area contributed by atoms with Crippen LogP contribution < -0.4 is 10.6 Å². The van der Waals surface area contributed by atoms with Gasteiger partial charge in [0.1, 0.15) is 0 Å². The van der Waals surface area contributed by atoms with Gasteiger partial charge in [0.25, 0.3) is 5.69 Å². The highest BCUT2D eigenvalue weighted by Crippen LogP contribution is 2.23. The number of hydrogen-bond donors (Lipinski definition) is 2. The number of benzene rings is 1. The first kappa shape index (κ1) is 15.1. The van der Waals surface area contributed by atoms with E-state index >= 15 is 0 Å². The summed E-state index contributed by atoms with van der Waals surface area (Å²) in [6.45, 7) is 1.93. The predicted octanol–water partition coefficient (Wildman–Crippen LogP) is 1.44. The number of nitrogens with zero attached hydrogens (tertiary/aromatic N) is 1. The average molecular weight is 291 g/mol. The third-order valence-electron chi connectivity index (χ3n) is 3.53. The van der Waals surface area contributed by atoms with Gasteiger partial charge in [0, 0.05) is 24.6 Å². The number of rotatable bonds is 5. The Bertz CT molecular complexity index is 573. The fourth-order valence-electron chi connectivity index (χ4n) is 2.40. The van der Waals surface area contributed by atoms with Gasteiger partial charge in [-0.25, -0.2) is 0 Å². The SMILES string of the molecule is CCC(NC1CCC(=O)NC1=O)c1cccc([N+](=O)[O-])c1. The minimum Gasteiger partial charge on any atom is -0.299 e. The number of piperidine rings is 1. The van der Waals surface area contributed by atoms with Crippen molar-refractivity contribution >= 4 is 17.5 Å². The van der Waals surface area contributed by atoms with Crippen LogP contribution in [0.4, 0.5) is 5.69 Å². The normalized spacial score (nSPS) is 20.0. The molecule has 0 aromatic heterocycles. The Morgan fingerprint density at radius 2 is 2.24 bits per heavy atom. The average Bonchev–Trinajstić information content (AvgIpc) is 2.46. The third-order valence-corrected chi connectivity index (χ3v) is 3.53. The minimum absolute atomic E-state index is 0.0241. The van der Waals surface area contributed by atoms with Crippen LogP contribution in [-0.2, 0) is 9.59 Å². The quantitative estimate of drug-likeness (QED) is 0.485. The molecular formula is C14H17N3O4. The monoisotopic (exact) mass is 291 g/mol. The zero-order chi connectivity index (χ0) is 15.4. The lowest BCUT2D eigenvalue weighted by Crippen LogP contribution is -2.51. The van der Waals surface area contributed by atoms with E-state index in [0.29, 0.717) is 19.3 Å². The van der Waals surface area contributed by atoms with Crippen molar-refractivity contribution in [2.45, 2.75) is 38.3 Å². The van der Waals surface area contributed by atoms with Gasteiger partial charge in [-0.15, -0.1) is 0 Å². The second-order valence-corrected chi connectivity index (χ2v) is 4.98. The number of nitro groups is 1. The lowest BCUT2D eigenvalue weighted by atomic mass is 9.99. The van der Waals surface area contributed by atoms with E-state index in [1.807, 2.05) is 6.92 Å². The second kappa shape index (κ2) is 6.45. The van der Waals surface area contributed by atoms with Gasteiger partial charge in [0.05, 0.1) is 11.0 Å². The van der Waals surface area contributed by atoms with Crippen LogP contribution in [0.25, 0.3) is 0 Å². The first-order valence-electron chi connectivity index (χ1n) is 6.85. The Morgan fingerprint density at radius 3 is 2.86 bits per heavy atom. The molecule has 7 nitrogen and oxygen atoms in total. The molecule has 0 saturated carbocycles. The summed E-state index contributed by atoms with van der Waals surface area (Å²) in [6, 6.07) is 5.73. The molecule has 2 amide bonds. The molecule has 0 radical (unpaired) electrons. The van der Waals surface area contributed by atoms with Crippen molar-refractivity contribution in [1.82, 2.24) is 10.6 Å². The number of amides is 2. The zero-order valence-electron chi connectivity index (χ0n) is 11.7. The summed E-state index contributed by atoms with van der Waals surface area (Å²) in [7, 11) is 0. The van der Waals surface area contributed by atoms with Gasteiger partial charge in [0.15, 0.2) is 0 Å². The largest absolute Gasteiger partial charge is 0.299 e. The number of carbonyl (C=O) groups is 2. The number of nitro benzene ring substituents is 1. The van der Waals surface area contributed by atoms with Crippen LogP contribution in [0.5, 0.6) is 0 Å². The standard InChI is InChI=1S/C14H17N3O4/c1-2-11(9-4-3-5-10(8-9)17(20)21)15-12-6-7-13(18)16-14(12)19/h3-5,8,11-12,15H,2,6-7H2,1H3,(H,16,18,19). The molecular weight excluding hydrogens is 274 g/mol. The molecule has 2 rings (SSSR count). The topological polar surface area (TPSA) is 101 Å². The van der Waals surface area contributed by atoms with E-state index in [-0.39, 0.29) is 23.5 Å². The second-order valence-electron chi connectivity index (χ2n) is 4.98. The highest BCUT2D eigenvalue weighted by Gasteiger charge is 2.28. The molecule has 1 aromatic carbocycles. The zero-order valence-corrected chi connectivity index (χ0v) is 11.7. The number of nitrogens with one attached hydrogen (secondary N) is 2. The Balaban J connectivity index is 2.13. The molecule has 1 aromatic rings. The minimum atomic E-state index is -0.452. The summed E-state index contributed by atoms with van der Waals surface area (Å²) in [5.74, 6) is -0.600. The fraction of sp³-hybridized carbons (Fsp3) is 0.429. The molecule has 2 N–H and O–H groups in total. The van der Waals surface area contributed by atoms with Gasteiger partial charge in [-0.3, -0.25) is 30.3 Å². The first-order valence-corrected chi connectivity index (χ1v) is 6.85. The van der Waals surface area contributed by atoms with Gasteiger partial charge in [-0.2, -0.15) is 0 Å². The first-order chi connectivity index (χ1) is 10.0. The molecule has 0 spiro atoms. The maximum absolute atomic E-state index is 11.8. The Kier molecular flexibility index (Phi) is 4.64. The van der Waals surface area contributed by atoms with Gasteiger partial charge in [0.2, 0.25) is 11.8 Å². The molecule has 1 fully saturated rings. The molecule has 1 aliphatic rings. The van der Waals surface area contributed by atoms with E-state index in [0.717, 1.165) is 5.56 Å².